The molecule has 1 heterocycles. The number of carbonyl (C=O) groups excluding carboxylic acids is 1. The Balaban J connectivity index is 0.00000240. The summed E-state index contributed by atoms with van der Waals surface area (Å²) in [7, 11) is 0. The van der Waals surface area contributed by atoms with Crippen LogP contribution in [0.1, 0.15) is 18.0 Å². The van der Waals surface area contributed by atoms with Crippen LogP contribution in [0.2, 0.25) is 10.0 Å². The first kappa shape index (κ1) is 22.0. The van der Waals surface area contributed by atoms with Crippen LogP contribution in [0.4, 0.5) is 11.4 Å². The molecule has 1 amide bonds. The SMILES string of the molecule is O=C(Nc1ccccc1)C1=NN(c2ccc(Cl)cc2Cl)C(c2cc[c-]cc2)C1.[Y]. The molecule has 143 valence electrons. The van der Waals surface area contributed by atoms with Crippen LogP contribution in [0.3, 0.4) is 0 Å². The standard InChI is InChI=1S/C22H16Cl2N3O.Y/c23-16-11-12-20(18(24)13-16)27-21(15-7-3-1-4-8-15)14-19(26-27)22(28)25-17-9-5-2-6-10-17;/h2-13,21H,14H2,(H,25,28);/q-1;. The second-order valence-corrected chi connectivity index (χ2v) is 7.20. The fourth-order valence-electron chi connectivity index (χ4n) is 3.14. The molecule has 1 radical (unpaired) electrons. The molecule has 1 aliphatic heterocycles. The van der Waals surface area contributed by atoms with Crippen molar-refractivity contribution in [3.8, 4) is 0 Å². The maximum atomic E-state index is 12.8. The van der Waals surface area contributed by atoms with Crippen molar-refractivity contribution in [1.82, 2.24) is 0 Å². The van der Waals surface area contributed by atoms with E-state index in [0.717, 1.165) is 11.3 Å². The number of anilines is 2. The van der Waals surface area contributed by atoms with E-state index in [0.29, 0.717) is 27.9 Å². The minimum Gasteiger partial charge on any atom is -0.321 e. The zero-order chi connectivity index (χ0) is 19.5. The van der Waals surface area contributed by atoms with Gasteiger partial charge in [-0.25, -0.2) is 0 Å². The number of rotatable bonds is 4. The predicted molar refractivity (Wildman–Crippen MR) is 114 cm³/mol. The van der Waals surface area contributed by atoms with Crippen LogP contribution in [0.25, 0.3) is 0 Å². The van der Waals surface area contributed by atoms with Gasteiger partial charge in [0.1, 0.15) is 5.71 Å². The minimum atomic E-state index is -0.230. The van der Waals surface area contributed by atoms with E-state index in [1.54, 1.807) is 17.1 Å². The summed E-state index contributed by atoms with van der Waals surface area (Å²) >= 11 is 12.5. The van der Waals surface area contributed by atoms with Crippen LogP contribution < -0.4 is 10.3 Å². The molecule has 3 aromatic rings. The van der Waals surface area contributed by atoms with E-state index in [-0.39, 0.29) is 44.7 Å². The molecule has 1 N–H and O–H groups in total. The second kappa shape index (κ2) is 9.86. The number of benzene rings is 3. The number of halogens is 2. The van der Waals surface area contributed by atoms with Crippen molar-refractivity contribution >= 4 is 46.2 Å². The fourth-order valence-corrected chi connectivity index (χ4v) is 3.64. The summed E-state index contributed by atoms with van der Waals surface area (Å²) in [4.78, 5) is 12.8. The number of hydrogen-bond donors (Lipinski definition) is 1. The Kier molecular flexibility index (Phi) is 7.47. The smallest absolute Gasteiger partial charge is 0.271 e. The topological polar surface area (TPSA) is 44.7 Å². The van der Waals surface area contributed by atoms with Gasteiger partial charge in [0.2, 0.25) is 0 Å². The van der Waals surface area contributed by atoms with Crippen molar-refractivity contribution in [3.05, 3.63) is 94.5 Å². The van der Waals surface area contributed by atoms with Crippen LogP contribution >= 0.6 is 23.2 Å². The van der Waals surface area contributed by atoms with Crippen molar-refractivity contribution in [2.75, 3.05) is 10.3 Å². The van der Waals surface area contributed by atoms with Gasteiger partial charge in [-0.3, -0.25) is 9.80 Å². The summed E-state index contributed by atoms with van der Waals surface area (Å²) in [6, 6.07) is 25.1. The first-order chi connectivity index (χ1) is 13.6. The Bertz CT molecular complexity index is 1030. The number of hydrazone groups is 1. The van der Waals surface area contributed by atoms with Gasteiger partial charge >= 0.3 is 0 Å². The molecule has 0 aliphatic carbocycles. The summed E-state index contributed by atoms with van der Waals surface area (Å²) in [5.41, 5.74) is 2.89. The Morgan fingerprint density at radius 3 is 2.48 bits per heavy atom. The zero-order valence-electron chi connectivity index (χ0n) is 15.3. The van der Waals surface area contributed by atoms with Gasteiger partial charge in [-0.05, 0) is 30.3 Å². The number of amides is 1. The van der Waals surface area contributed by atoms with Crippen molar-refractivity contribution in [2.24, 2.45) is 5.10 Å². The van der Waals surface area contributed by atoms with Crippen LogP contribution in [0.5, 0.6) is 0 Å². The molecule has 29 heavy (non-hydrogen) atoms. The van der Waals surface area contributed by atoms with Crippen molar-refractivity contribution in [2.45, 2.75) is 12.5 Å². The molecule has 1 unspecified atom stereocenters. The van der Waals surface area contributed by atoms with Gasteiger partial charge in [0.05, 0.1) is 16.8 Å². The summed E-state index contributed by atoms with van der Waals surface area (Å²) in [5.74, 6) is -0.230. The molecule has 4 nitrogen and oxygen atoms in total. The largest absolute Gasteiger partial charge is 0.321 e. The normalized spacial score (nSPS) is 15.4. The summed E-state index contributed by atoms with van der Waals surface area (Å²) in [6.07, 6.45) is 0.460. The molecule has 4 rings (SSSR count). The van der Waals surface area contributed by atoms with Crippen LogP contribution in [0.15, 0.2) is 77.9 Å². The maximum Gasteiger partial charge on any atom is 0.271 e. The quantitative estimate of drug-likeness (QED) is 0.467. The van der Waals surface area contributed by atoms with Gasteiger partial charge in [-0.1, -0.05) is 41.4 Å². The third kappa shape index (κ3) is 5.07. The Hall–Kier alpha value is -1.72. The number of carbonyl (C=O) groups is 1. The van der Waals surface area contributed by atoms with E-state index in [1.165, 1.54) is 0 Å². The van der Waals surface area contributed by atoms with Crippen LogP contribution in [0, 0.1) is 6.07 Å². The van der Waals surface area contributed by atoms with E-state index < -0.39 is 0 Å². The van der Waals surface area contributed by atoms with E-state index >= 15 is 0 Å². The molecule has 3 aromatic carbocycles. The average Bonchev–Trinajstić information content (AvgIpc) is 3.15. The van der Waals surface area contributed by atoms with Gasteiger partial charge in [0.25, 0.3) is 5.91 Å². The maximum absolute atomic E-state index is 12.8. The number of hydrogen-bond acceptors (Lipinski definition) is 3. The monoisotopic (exact) mass is 497 g/mol. The van der Waals surface area contributed by atoms with Crippen LogP contribution in [-0.2, 0) is 37.5 Å². The Morgan fingerprint density at radius 1 is 1.07 bits per heavy atom. The molecule has 0 saturated carbocycles. The summed E-state index contributed by atoms with van der Waals surface area (Å²) in [5, 5.41) is 10.3. The third-order valence-electron chi connectivity index (χ3n) is 4.49. The molecule has 7 heteroatoms. The first-order valence-corrected chi connectivity index (χ1v) is 9.51. The van der Waals surface area contributed by atoms with Gasteiger partial charge in [0, 0.05) is 49.8 Å². The molecule has 0 bridgehead atoms. The number of nitrogens with one attached hydrogen (secondary N) is 1. The molecule has 0 fully saturated rings. The van der Waals surface area contributed by atoms with E-state index in [4.69, 9.17) is 23.2 Å². The zero-order valence-corrected chi connectivity index (χ0v) is 19.7. The minimum absolute atomic E-state index is 0. The average molecular weight is 498 g/mol. The summed E-state index contributed by atoms with van der Waals surface area (Å²) in [6.45, 7) is 0. The summed E-state index contributed by atoms with van der Waals surface area (Å²) < 4.78 is 0. The van der Waals surface area contributed by atoms with Crippen molar-refractivity contribution in [1.29, 1.82) is 0 Å². The second-order valence-electron chi connectivity index (χ2n) is 6.36. The molecule has 0 spiro atoms. The molecule has 1 aliphatic rings. The van der Waals surface area contributed by atoms with Crippen LogP contribution in [-0.4, -0.2) is 11.6 Å². The first-order valence-electron chi connectivity index (χ1n) is 8.76. The third-order valence-corrected chi connectivity index (χ3v) is 5.03. The molecular weight excluding hydrogens is 482 g/mol. The van der Waals surface area contributed by atoms with E-state index in [9.17, 15) is 4.79 Å². The van der Waals surface area contributed by atoms with Gasteiger partial charge in [-0.15, -0.1) is 5.56 Å². The van der Waals surface area contributed by atoms with Gasteiger partial charge in [0.15, 0.2) is 0 Å². The van der Waals surface area contributed by atoms with E-state index in [2.05, 4.69) is 16.5 Å². The number of para-hydroxylation sites is 1. The number of nitrogens with zero attached hydrogens (tertiary/aromatic N) is 2. The fraction of sp³-hybridized carbons (Fsp3) is 0.0909. The van der Waals surface area contributed by atoms with E-state index in [1.807, 2.05) is 60.7 Å². The molecule has 0 saturated heterocycles. The van der Waals surface area contributed by atoms with Crippen molar-refractivity contribution < 1.29 is 37.5 Å². The Morgan fingerprint density at radius 2 is 1.79 bits per heavy atom. The predicted octanol–water partition coefficient (Wildman–Crippen LogP) is 5.74. The van der Waals surface area contributed by atoms with Crippen molar-refractivity contribution in [3.63, 3.8) is 0 Å². The molecular formula is C22H16Cl2N3OY-. The molecule has 0 aromatic heterocycles. The van der Waals surface area contributed by atoms with Gasteiger partial charge in [-0.2, -0.15) is 35.4 Å². The Labute approximate surface area is 204 Å². The van der Waals surface area contributed by atoms with Gasteiger partial charge < -0.3 is 5.32 Å². The molecule has 1 atom stereocenters.